The van der Waals surface area contributed by atoms with Crippen molar-refractivity contribution >= 4 is 0 Å². The smallest absolute Gasteiger partial charge is 0.0216 e. The Hall–Kier alpha value is -0.0400. The number of rotatable bonds is 3. The van der Waals surface area contributed by atoms with E-state index in [0.717, 1.165) is 5.92 Å². The maximum Gasteiger partial charge on any atom is 0.0216 e. The highest BCUT2D eigenvalue weighted by atomic mass is 15.1. The van der Waals surface area contributed by atoms with E-state index in [-0.39, 0.29) is 0 Å². The molecule has 74 valence electrons. The van der Waals surface area contributed by atoms with Crippen molar-refractivity contribution < 1.29 is 0 Å². The molecule has 0 aromatic carbocycles. The highest BCUT2D eigenvalue weighted by molar-refractivity contribution is 5.01. The quantitative estimate of drug-likeness (QED) is 0.687. The van der Waals surface area contributed by atoms with Crippen molar-refractivity contribution in [3.05, 3.63) is 0 Å². The molecule has 1 atom stereocenters. The maximum absolute atomic E-state index is 3.56. The lowest BCUT2D eigenvalue weighted by Gasteiger charge is -2.50. The Bertz CT molecular complexity index is 98.1. The van der Waals surface area contributed by atoms with Crippen LogP contribution in [-0.2, 0) is 0 Å². The molecule has 1 heterocycles. The zero-order valence-electron chi connectivity index (χ0n) is 9.41. The first-order chi connectivity index (χ1) is 5.79. The molecule has 1 N–H and O–H groups in total. The predicted octanol–water partition coefficient (Wildman–Crippen LogP) is 3.20. The Morgan fingerprint density at radius 2 is 1.67 bits per heavy atom. The minimum Gasteiger partial charge on any atom is -0.311 e. The van der Waals surface area contributed by atoms with Gasteiger partial charge in [-0.15, -0.1) is 0 Å². The van der Waals surface area contributed by atoms with Gasteiger partial charge in [0.2, 0.25) is 0 Å². The largest absolute Gasteiger partial charge is 0.311 e. The molecule has 0 bridgehead atoms. The normalized spacial score (nSPS) is 25.2. The molecule has 1 saturated heterocycles. The zero-order valence-corrected chi connectivity index (χ0v) is 9.41. The van der Waals surface area contributed by atoms with Crippen LogP contribution < -0.4 is 5.32 Å². The molecule has 1 heteroatoms. The van der Waals surface area contributed by atoms with Crippen molar-refractivity contribution in [2.75, 3.05) is 6.54 Å². The molecular formula is C11H25N. The fourth-order valence-corrected chi connectivity index (χ4v) is 2.15. The molecule has 0 spiro atoms. The van der Waals surface area contributed by atoms with Gasteiger partial charge in [-0.1, -0.05) is 41.0 Å². The standard InChI is InChI=1S/C9H19N.C2H6/c1-4-8-7-10-9(8,5-2)6-3;1-2/h8,10H,4-7H2,1-3H3;1-2H3. The summed E-state index contributed by atoms with van der Waals surface area (Å²) in [5.74, 6) is 0.947. The van der Waals surface area contributed by atoms with Crippen LogP contribution in [0.2, 0.25) is 0 Å². The molecule has 1 fully saturated rings. The predicted molar refractivity (Wildman–Crippen MR) is 56.4 cm³/mol. The fraction of sp³-hybridized carbons (Fsp3) is 1.00. The molecule has 0 aromatic heterocycles. The summed E-state index contributed by atoms with van der Waals surface area (Å²) < 4.78 is 0. The Balaban J connectivity index is 0.000000561. The van der Waals surface area contributed by atoms with E-state index in [2.05, 4.69) is 26.1 Å². The third-order valence-electron chi connectivity index (χ3n) is 3.24. The Morgan fingerprint density at radius 3 is 1.75 bits per heavy atom. The summed E-state index contributed by atoms with van der Waals surface area (Å²) >= 11 is 0. The van der Waals surface area contributed by atoms with Gasteiger partial charge in [0.15, 0.2) is 0 Å². The summed E-state index contributed by atoms with van der Waals surface area (Å²) in [4.78, 5) is 0. The highest BCUT2D eigenvalue weighted by Crippen LogP contribution is 2.34. The van der Waals surface area contributed by atoms with Gasteiger partial charge in [0.05, 0.1) is 0 Å². The van der Waals surface area contributed by atoms with Crippen molar-refractivity contribution in [2.45, 2.75) is 59.4 Å². The topological polar surface area (TPSA) is 12.0 Å². The lowest BCUT2D eigenvalue weighted by molar-refractivity contribution is 0.0858. The molecule has 0 radical (unpaired) electrons. The van der Waals surface area contributed by atoms with Gasteiger partial charge in [0.1, 0.15) is 0 Å². The number of nitrogens with one attached hydrogen (secondary N) is 1. The molecule has 12 heavy (non-hydrogen) atoms. The van der Waals surface area contributed by atoms with Crippen LogP contribution in [0.15, 0.2) is 0 Å². The van der Waals surface area contributed by atoms with Gasteiger partial charge in [0.25, 0.3) is 0 Å². The zero-order chi connectivity index (χ0) is 9.61. The first kappa shape index (κ1) is 12.0. The average Bonchev–Trinajstić information content (AvgIpc) is 2.10. The molecule has 1 aliphatic heterocycles. The van der Waals surface area contributed by atoms with Crippen LogP contribution in [-0.4, -0.2) is 12.1 Å². The summed E-state index contributed by atoms with van der Waals surface area (Å²) in [5, 5.41) is 3.56. The van der Waals surface area contributed by atoms with Crippen LogP contribution in [0, 0.1) is 5.92 Å². The van der Waals surface area contributed by atoms with Crippen molar-refractivity contribution in [2.24, 2.45) is 5.92 Å². The van der Waals surface area contributed by atoms with E-state index in [4.69, 9.17) is 0 Å². The molecule has 0 aliphatic carbocycles. The van der Waals surface area contributed by atoms with Gasteiger partial charge in [-0.05, 0) is 18.8 Å². The first-order valence-corrected chi connectivity index (χ1v) is 5.54. The van der Waals surface area contributed by atoms with Crippen molar-refractivity contribution in [3.8, 4) is 0 Å². The SMILES string of the molecule is CC.CCC1CNC1(CC)CC. The van der Waals surface area contributed by atoms with Gasteiger partial charge < -0.3 is 5.32 Å². The highest BCUT2D eigenvalue weighted by Gasteiger charge is 2.41. The second kappa shape index (κ2) is 5.58. The van der Waals surface area contributed by atoms with Crippen LogP contribution >= 0.6 is 0 Å². The van der Waals surface area contributed by atoms with Crippen molar-refractivity contribution in [1.82, 2.24) is 5.32 Å². The van der Waals surface area contributed by atoms with Gasteiger partial charge in [-0.3, -0.25) is 0 Å². The summed E-state index contributed by atoms with van der Waals surface area (Å²) in [7, 11) is 0. The summed E-state index contributed by atoms with van der Waals surface area (Å²) in [5.41, 5.74) is 0.523. The van der Waals surface area contributed by atoms with E-state index in [1.54, 1.807) is 0 Å². The van der Waals surface area contributed by atoms with Gasteiger partial charge in [0, 0.05) is 12.1 Å². The van der Waals surface area contributed by atoms with E-state index in [9.17, 15) is 0 Å². The van der Waals surface area contributed by atoms with Gasteiger partial charge in [-0.2, -0.15) is 0 Å². The van der Waals surface area contributed by atoms with Crippen LogP contribution in [0.1, 0.15) is 53.9 Å². The summed E-state index contributed by atoms with van der Waals surface area (Å²) in [6.45, 7) is 12.1. The van der Waals surface area contributed by atoms with E-state index in [0.29, 0.717) is 5.54 Å². The second-order valence-corrected chi connectivity index (χ2v) is 3.35. The molecule has 0 amide bonds. The van der Waals surface area contributed by atoms with Crippen LogP contribution in [0.4, 0.5) is 0 Å². The summed E-state index contributed by atoms with van der Waals surface area (Å²) in [6.07, 6.45) is 3.93. The van der Waals surface area contributed by atoms with E-state index in [1.807, 2.05) is 13.8 Å². The number of hydrogen-bond acceptors (Lipinski definition) is 1. The van der Waals surface area contributed by atoms with Crippen LogP contribution in [0.5, 0.6) is 0 Å². The van der Waals surface area contributed by atoms with Crippen LogP contribution in [0.25, 0.3) is 0 Å². The third kappa shape index (κ3) is 2.01. The van der Waals surface area contributed by atoms with Gasteiger partial charge in [-0.25, -0.2) is 0 Å². The molecule has 0 aromatic rings. The number of hydrogen-bond donors (Lipinski definition) is 1. The minimum absolute atomic E-state index is 0.523. The maximum atomic E-state index is 3.56. The molecule has 1 rings (SSSR count). The first-order valence-electron chi connectivity index (χ1n) is 5.54. The summed E-state index contributed by atoms with van der Waals surface area (Å²) in [6, 6.07) is 0. The Labute approximate surface area is 77.9 Å². The molecule has 0 saturated carbocycles. The van der Waals surface area contributed by atoms with Gasteiger partial charge >= 0.3 is 0 Å². The lowest BCUT2D eigenvalue weighted by Crippen LogP contribution is -2.64. The molecule has 1 nitrogen and oxygen atoms in total. The van der Waals surface area contributed by atoms with E-state index < -0.39 is 0 Å². The third-order valence-corrected chi connectivity index (χ3v) is 3.24. The average molecular weight is 171 g/mol. The monoisotopic (exact) mass is 171 g/mol. The van der Waals surface area contributed by atoms with E-state index in [1.165, 1.54) is 25.8 Å². The van der Waals surface area contributed by atoms with Crippen molar-refractivity contribution in [1.29, 1.82) is 0 Å². The Kier molecular flexibility index (Phi) is 5.56. The Morgan fingerprint density at radius 1 is 1.17 bits per heavy atom. The molecular weight excluding hydrogens is 146 g/mol. The fourth-order valence-electron chi connectivity index (χ4n) is 2.15. The minimum atomic E-state index is 0.523. The van der Waals surface area contributed by atoms with E-state index >= 15 is 0 Å². The molecule has 1 aliphatic rings. The second-order valence-electron chi connectivity index (χ2n) is 3.35. The van der Waals surface area contributed by atoms with Crippen molar-refractivity contribution in [3.63, 3.8) is 0 Å². The van der Waals surface area contributed by atoms with Crippen LogP contribution in [0.3, 0.4) is 0 Å². The lowest BCUT2D eigenvalue weighted by atomic mass is 9.71. The molecule has 1 unspecified atom stereocenters.